The number of hydrogen-bond donors (Lipinski definition) is 0. The molecule has 18 heavy (non-hydrogen) atoms. The molecule has 0 aliphatic rings. The van der Waals surface area contributed by atoms with E-state index >= 15 is 0 Å². The van der Waals surface area contributed by atoms with Gasteiger partial charge in [-0.05, 0) is 0 Å². The zero-order chi connectivity index (χ0) is 13.7. The molecule has 0 fully saturated rings. The van der Waals surface area contributed by atoms with Gasteiger partial charge in [0.15, 0.2) is 8.22 Å². The summed E-state index contributed by atoms with van der Waals surface area (Å²) >= 11 is 0. The second-order valence-corrected chi connectivity index (χ2v) is 6.50. The van der Waals surface area contributed by atoms with E-state index in [9.17, 15) is 0 Å². The second-order valence-electron chi connectivity index (χ2n) is 4.39. The van der Waals surface area contributed by atoms with Gasteiger partial charge in [-0.25, -0.2) is 9.13 Å². The standard InChI is InChI=1S/C13H28N4P/c1-7-16(8-2)18(17(9-3)10-4)13-14(5)11-12-15(13)6/h11-12H,7-10H2,1-6H3/q+1. The van der Waals surface area contributed by atoms with Gasteiger partial charge < -0.3 is 0 Å². The molecule has 0 spiro atoms. The van der Waals surface area contributed by atoms with E-state index in [1.807, 2.05) is 0 Å². The number of rotatable bonds is 7. The van der Waals surface area contributed by atoms with E-state index in [0.29, 0.717) is 0 Å². The zero-order valence-electron chi connectivity index (χ0n) is 12.7. The average Bonchev–Trinajstić information content (AvgIpc) is 2.70. The van der Waals surface area contributed by atoms with Crippen molar-refractivity contribution in [1.29, 1.82) is 0 Å². The summed E-state index contributed by atoms with van der Waals surface area (Å²) in [5.41, 5.74) is 1.41. The molecule has 0 radical (unpaired) electrons. The number of aryl methyl sites for hydroxylation is 2. The first kappa shape index (κ1) is 15.6. The SMILES string of the molecule is CCN(CC)P(c1n(C)cc[n+]1C)N(CC)CC. The Balaban J connectivity index is 3.19. The normalized spacial score (nSPS) is 12.1. The summed E-state index contributed by atoms with van der Waals surface area (Å²) in [4.78, 5) is 0. The molecule has 5 heteroatoms. The monoisotopic (exact) mass is 271 g/mol. The second kappa shape index (κ2) is 7.22. The lowest BCUT2D eigenvalue weighted by Gasteiger charge is -2.34. The third-order valence-corrected chi connectivity index (χ3v) is 6.51. The van der Waals surface area contributed by atoms with Gasteiger partial charge in [-0.15, -0.1) is 0 Å². The lowest BCUT2D eigenvalue weighted by Crippen LogP contribution is -2.50. The van der Waals surface area contributed by atoms with Crippen LogP contribution in [0.25, 0.3) is 0 Å². The van der Waals surface area contributed by atoms with Crippen LogP contribution in [0.3, 0.4) is 0 Å². The van der Waals surface area contributed by atoms with Gasteiger partial charge in [0.05, 0.1) is 14.1 Å². The van der Waals surface area contributed by atoms with Crippen LogP contribution in [0, 0.1) is 0 Å². The van der Waals surface area contributed by atoms with Crippen molar-refractivity contribution < 1.29 is 4.57 Å². The Morgan fingerprint density at radius 2 is 1.50 bits per heavy atom. The first-order valence-corrected chi connectivity index (χ1v) is 8.16. The predicted octanol–water partition coefficient (Wildman–Crippen LogP) is 1.47. The molecular formula is C13H28N4P+. The first-order chi connectivity index (χ1) is 8.60. The Kier molecular flexibility index (Phi) is 6.27. The maximum absolute atomic E-state index is 2.58. The van der Waals surface area contributed by atoms with Gasteiger partial charge in [-0.3, -0.25) is 9.34 Å². The molecule has 0 amide bonds. The lowest BCUT2D eigenvalue weighted by molar-refractivity contribution is -0.652. The van der Waals surface area contributed by atoms with Crippen molar-refractivity contribution >= 4 is 13.8 Å². The molecule has 0 saturated carbocycles. The van der Waals surface area contributed by atoms with E-state index in [-0.39, 0.29) is 0 Å². The van der Waals surface area contributed by atoms with Gasteiger partial charge >= 0.3 is 5.57 Å². The fourth-order valence-electron chi connectivity index (χ4n) is 2.28. The van der Waals surface area contributed by atoms with Gasteiger partial charge in [0.25, 0.3) is 0 Å². The fraction of sp³-hybridized carbons (Fsp3) is 0.769. The Morgan fingerprint density at radius 1 is 1.06 bits per heavy atom. The molecule has 0 aromatic carbocycles. The fourth-order valence-corrected chi connectivity index (χ4v) is 4.91. The van der Waals surface area contributed by atoms with Crippen molar-refractivity contribution in [1.82, 2.24) is 13.9 Å². The Labute approximate surface area is 113 Å². The smallest absolute Gasteiger partial charge is 0.261 e. The van der Waals surface area contributed by atoms with Crippen molar-refractivity contribution in [3.05, 3.63) is 12.4 Å². The van der Waals surface area contributed by atoms with Gasteiger partial charge in [0, 0.05) is 26.2 Å². The van der Waals surface area contributed by atoms with Gasteiger partial charge in [-0.2, -0.15) is 0 Å². The highest BCUT2D eigenvalue weighted by molar-refractivity contribution is 7.60. The molecule has 1 aromatic heterocycles. The molecule has 0 aliphatic carbocycles. The minimum Gasteiger partial charge on any atom is -0.261 e. The van der Waals surface area contributed by atoms with Crippen LogP contribution in [0.2, 0.25) is 0 Å². The van der Waals surface area contributed by atoms with Crippen LogP contribution in [-0.4, -0.2) is 40.1 Å². The largest absolute Gasteiger partial charge is 0.307 e. The molecule has 0 saturated heterocycles. The van der Waals surface area contributed by atoms with Gasteiger partial charge in [-0.1, -0.05) is 27.7 Å². The zero-order valence-corrected chi connectivity index (χ0v) is 13.6. The average molecular weight is 271 g/mol. The van der Waals surface area contributed by atoms with E-state index < -0.39 is 8.22 Å². The van der Waals surface area contributed by atoms with Crippen molar-refractivity contribution in [2.75, 3.05) is 26.2 Å². The van der Waals surface area contributed by atoms with Gasteiger partial charge in [0.2, 0.25) is 0 Å². The third-order valence-electron chi connectivity index (χ3n) is 3.32. The Hall–Kier alpha value is -0.440. The van der Waals surface area contributed by atoms with E-state index in [1.165, 1.54) is 5.57 Å². The molecule has 0 bridgehead atoms. The molecule has 4 nitrogen and oxygen atoms in total. The third kappa shape index (κ3) is 3.11. The topological polar surface area (TPSA) is 15.3 Å². The molecule has 0 N–H and O–H groups in total. The van der Waals surface area contributed by atoms with Crippen LogP contribution in [0.1, 0.15) is 27.7 Å². The molecule has 0 unspecified atom stereocenters. The number of aromatic nitrogens is 2. The van der Waals surface area contributed by atoms with Gasteiger partial charge in [0.1, 0.15) is 12.4 Å². The highest BCUT2D eigenvalue weighted by Crippen LogP contribution is 2.41. The summed E-state index contributed by atoms with van der Waals surface area (Å²) in [5.74, 6) is 0. The van der Waals surface area contributed by atoms with E-state index in [4.69, 9.17) is 0 Å². The van der Waals surface area contributed by atoms with E-state index in [0.717, 1.165) is 26.2 Å². The Morgan fingerprint density at radius 3 is 1.78 bits per heavy atom. The molecule has 104 valence electrons. The predicted molar refractivity (Wildman–Crippen MR) is 79.0 cm³/mol. The Bertz CT molecular complexity index is 324. The number of hydrogen-bond acceptors (Lipinski definition) is 2. The maximum atomic E-state index is 2.58. The summed E-state index contributed by atoms with van der Waals surface area (Å²) in [6.07, 6.45) is 4.30. The van der Waals surface area contributed by atoms with Crippen LogP contribution in [0.15, 0.2) is 12.4 Å². The quantitative estimate of drug-likeness (QED) is 0.551. The summed E-state index contributed by atoms with van der Waals surface area (Å²) in [6.45, 7) is 13.4. The number of nitrogens with zero attached hydrogens (tertiary/aromatic N) is 4. The van der Waals surface area contributed by atoms with Crippen molar-refractivity contribution in [2.24, 2.45) is 14.1 Å². The molecule has 1 aromatic rings. The van der Waals surface area contributed by atoms with Crippen LogP contribution in [0.4, 0.5) is 0 Å². The van der Waals surface area contributed by atoms with Crippen molar-refractivity contribution in [3.63, 3.8) is 0 Å². The van der Waals surface area contributed by atoms with Crippen LogP contribution >= 0.6 is 8.22 Å². The van der Waals surface area contributed by atoms with Crippen LogP contribution in [0.5, 0.6) is 0 Å². The molecule has 1 rings (SSSR count). The minimum absolute atomic E-state index is 0.395. The van der Waals surface area contributed by atoms with Crippen LogP contribution in [-0.2, 0) is 14.1 Å². The highest BCUT2D eigenvalue weighted by Gasteiger charge is 2.33. The highest BCUT2D eigenvalue weighted by atomic mass is 31.1. The van der Waals surface area contributed by atoms with Crippen LogP contribution < -0.4 is 10.1 Å². The van der Waals surface area contributed by atoms with Crippen molar-refractivity contribution in [3.8, 4) is 0 Å². The first-order valence-electron chi connectivity index (χ1n) is 6.91. The van der Waals surface area contributed by atoms with E-state index in [2.05, 4.69) is 72.7 Å². The summed E-state index contributed by atoms with van der Waals surface area (Å²) in [7, 11) is 3.91. The summed E-state index contributed by atoms with van der Waals surface area (Å²) in [5, 5.41) is 0. The van der Waals surface area contributed by atoms with Crippen molar-refractivity contribution in [2.45, 2.75) is 27.7 Å². The molecule has 1 heterocycles. The lowest BCUT2D eigenvalue weighted by atomic mass is 10.7. The summed E-state index contributed by atoms with van der Waals surface area (Å²) < 4.78 is 9.69. The van der Waals surface area contributed by atoms with E-state index in [1.54, 1.807) is 0 Å². The molecule has 0 atom stereocenters. The summed E-state index contributed by atoms with van der Waals surface area (Å²) in [6, 6.07) is 0. The number of imidazole rings is 1. The maximum Gasteiger partial charge on any atom is 0.307 e. The molecule has 0 aliphatic heterocycles. The molecular weight excluding hydrogens is 243 g/mol. The minimum atomic E-state index is -0.395.